The van der Waals surface area contributed by atoms with E-state index >= 15 is 0 Å². The van der Waals surface area contributed by atoms with Crippen molar-refractivity contribution in [1.82, 2.24) is 15.3 Å². The van der Waals surface area contributed by atoms with E-state index in [2.05, 4.69) is 15.0 Å². The highest BCUT2D eigenvalue weighted by Crippen LogP contribution is 2.33. The first-order valence-corrected chi connectivity index (χ1v) is 8.63. The summed E-state index contributed by atoms with van der Waals surface area (Å²) >= 11 is 6.08. The fraction of sp³-hybridized carbons (Fsp3) is 0.706. The van der Waals surface area contributed by atoms with Crippen molar-refractivity contribution in [3.05, 3.63) is 22.7 Å². The number of nitrogens with one attached hydrogen (secondary N) is 1. The molecular formula is C17H26ClN3O2. The van der Waals surface area contributed by atoms with Gasteiger partial charge in [0.25, 0.3) is 6.47 Å². The molecule has 2 aliphatic rings. The second-order valence-corrected chi connectivity index (χ2v) is 7.52. The fourth-order valence-electron chi connectivity index (χ4n) is 2.67. The molecule has 5 nitrogen and oxygen atoms in total. The molecule has 3 rings (SSSR count). The molecule has 2 heterocycles. The van der Waals surface area contributed by atoms with Gasteiger partial charge in [-0.2, -0.15) is 0 Å². The standard InChI is InChI=1S/C12H16ClN3.C5H10O2/c13-11-5-10(9-6-14-7-9)15-12(16-11)8-3-1-2-4-8;1-5(2,3)7-4-6/h5,8-9,14H,1-4,6-7H2;4H,1-3H3. The maximum absolute atomic E-state index is 9.60. The summed E-state index contributed by atoms with van der Waals surface area (Å²) < 4.78 is 4.55. The Morgan fingerprint density at radius 3 is 2.30 bits per heavy atom. The van der Waals surface area contributed by atoms with E-state index in [9.17, 15) is 4.79 Å². The summed E-state index contributed by atoms with van der Waals surface area (Å²) in [5, 5.41) is 3.87. The number of nitrogens with zero attached hydrogens (tertiary/aromatic N) is 2. The maximum Gasteiger partial charge on any atom is 0.293 e. The number of aromatic nitrogens is 2. The zero-order valence-corrected chi connectivity index (χ0v) is 14.9. The second kappa shape index (κ2) is 8.06. The quantitative estimate of drug-likeness (QED) is 0.675. The molecule has 1 aromatic heterocycles. The monoisotopic (exact) mass is 339 g/mol. The van der Waals surface area contributed by atoms with Crippen molar-refractivity contribution in [3.63, 3.8) is 0 Å². The van der Waals surface area contributed by atoms with Gasteiger partial charge in [0.05, 0.1) is 5.69 Å². The highest BCUT2D eigenvalue weighted by atomic mass is 35.5. The molecule has 0 bridgehead atoms. The van der Waals surface area contributed by atoms with Crippen LogP contribution in [-0.2, 0) is 9.53 Å². The minimum atomic E-state index is -0.318. The summed E-state index contributed by atoms with van der Waals surface area (Å²) in [5.41, 5.74) is 0.808. The number of carbonyl (C=O) groups excluding carboxylic acids is 1. The van der Waals surface area contributed by atoms with E-state index in [1.54, 1.807) is 0 Å². The van der Waals surface area contributed by atoms with Crippen LogP contribution in [0.2, 0.25) is 5.15 Å². The van der Waals surface area contributed by atoms with Gasteiger partial charge in [-0.25, -0.2) is 9.97 Å². The lowest BCUT2D eigenvalue weighted by Crippen LogP contribution is -2.40. The maximum atomic E-state index is 9.60. The first-order chi connectivity index (χ1) is 10.9. The van der Waals surface area contributed by atoms with Crippen molar-refractivity contribution in [1.29, 1.82) is 0 Å². The van der Waals surface area contributed by atoms with Crippen LogP contribution in [-0.4, -0.2) is 35.1 Å². The fourth-order valence-corrected chi connectivity index (χ4v) is 2.87. The van der Waals surface area contributed by atoms with E-state index in [4.69, 9.17) is 16.6 Å². The van der Waals surface area contributed by atoms with E-state index in [1.165, 1.54) is 25.7 Å². The summed E-state index contributed by atoms with van der Waals surface area (Å²) in [6.07, 6.45) is 5.06. The molecule has 0 unspecified atom stereocenters. The number of rotatable bonds is 3. The van der Waals surface area contributed by atoms with Crippen LogP contribution in [0.5, 0.6) is 0 Å². The van der Waals surface area contributed by atoms with E-state index in [0.29, 0.717) is 23.5 Å². The number of ether oxygens (including phenoxy) is 1. The van der Waals surface area contributed by atoms with Gasteiger partial charge < -0.3 is 10.1 Å². The SMILES string of the molecule is CC(C)(C)OC=O.Clc1cc(C2CNC2)nc(C2CCCC2)n1. The van der Waals surface area contributed by atoms with Crippen molar-refractivity contribution in [2.45, 2.75) is 63.9 Å². The molecule has 1 saturated carbocycles. The molecule has 0 amide bonds. The first kappa shape index (κ1) is 18.1. The topological polar surface area (TPSA) is 64.1 Å². The van der Waals surface area contributed by atoms with Crippen molar-refractivity contribution >= 4 is 18.1 Å². The minimum Gasteiger partial charge on any atom is -0.462 e. The third kappa shape index (κ3) is 5.74. The molecule has 1 N–H and O–H groups in total. The minimum absolute atomic E-state index is 0.318. The molecule has 0 aromatic carbocycles. The van der Waals surface area contributed by atoms with Gasteiger partial charge in [-0.05, 0) is 39.7 Å². The van der Waals surface area contributed by atoms with Crippen LogP contribution in [0.1, 0.15) is 69.8 Å². The summed E-state index contributed by atoms with van der Waals surface area (Å²) in [5.74, 6) is 2.07. The largest absolute Gasteiger partial charge is 0.462 e. The van der Waals surface area contributed by atoms with Crippen molar-refractivity contribution in [2.75, 3.05) is 13.1 Å². The van der Waals surface area contributed by atoms with Gasteiger partial charge in [0, 0.05) is 24.9 Å². The Bertz CT molecular complexity index is 521. The summed E-state index contributed by atoms with van der Waals surface area (Å²) in [4.78, 5) is 18.7. The van der Waals surface area contributed by atoms with Gasteiger partial charge >= 0.3 is 0 Å². The van der Waals surface area contributed by atoms with E-state index < -0.39 is 0 Å². The molecule has 6 heteroatoms. The molecule has 1 saturated heterocycles. The lowest BCUT2D eigenvalue weighted by Gasteiger charge is -2.27. The van der Waals surface area contributed by atoms with Crippen LogP contribution in [0, 0.1) is 0 Å². The Kier molecular flexibility index (Phi) is 6.36. The number of carbonyl (C=O) groups is 1. The van der Waals surface area contributed by atoms with Crippen molar-refractivity contribution < 1.29 is 9.53 Å². The lowest BCUT2D eigenvalue weighted by molar-refractivity contribution is -0.138. The van der Waals surface area contributed by atoms with Crippen LogP contribution in [0.25, 0.3) is 0 Å². The number of hydrogen-bond acceptors (Lipinski definition) is 5. The van der Waals surface area contributed by atoms with Crippen LogP contribution in [0.15, 0.2) is 6.07 Å². The van der Waals surface area contributed by atoms with Gasteiger partial charge in [-0.15, -0.1) is 0 Å². The predicted octanol–water partition coefficient (Wildman–Crippen LogP) is 3.43. The number of halogens is 1. The van der Waals surface area contributed by atoms with Crippen LogP contribution < -0.4 is 5.32 Å². The number of hydrogen-bond donors (Lipinski definition) is 1. The zero-order valence-electron chi connectivity index (χ0n) is 14.1. The molecular weight excluding hydrogens is 314 g/mol. The van der Waals surface area contributed by atoms with E-state index in [-0.39, 0.29) is 5.60 Å². The molecule has 2 fully saturated rings. The molecule has 0 radical (unpaired) electrons. The Morgan fingerprint density at radius 1 is 1.22 bits per heavy atom. The Labute approximate surface area is 143 Å². The van der Waals surface area contributed by atoms with Crippen LogP contribution in [0.4, 0.5) is 0 Å². The smallest absolute Gasteiger partial charge is 0.293 e. The molecule has 1 aliphatic carbocycles. The molecule has 1 aromatic rings. The zero-order chi connectivity index (χ0) is 16.9. The Hall–Kier alpha value is -1.20. The normalized spacial score (nSPS) is 18.8. The van der Waals surface area contributed by atoms with Crippen LogP contribution in [0.3, 0.4) is 0 Å². The Balaban J connectivity index is 0.000000236. The first-order valence-electron chi connectivity index (χ1n) is 8.25. The van der Waals surface area contributed by atoms with Gasteiger partial charge in [-0.1, -0.05) is 24.4 Å². The average molecular weight is 340 g/mol. The molecule has 1 aliphatic heterocycles. The average Bonchev–Trinajstić information content (AvgIpc) is 2.88. The van der Waals surface area contributed by atoms with Crippen molar-refractivity contribution in [3.8, 4) is 0 Å². The molecule has 23 heavy (non-hydrogen) atoms. The van der Waals surface area contributed by atoms with Gasteiger partial charge in [0.1, 0.15) is 16.6 Å². The lowest BCUT2D eigenvalue weighted by atomic mass is 9.98. The van der Waals surface area contributed by atoms with Gasteiger partial charge in [0.15, 0.2) is 0 Å². The van der Waals surface area contributed by atoms with Gasteiger partial charge in [0.2, 0.25) is 0 Å². The summed E-state index contributed by atoms with van der Waals surface area (Å²) in [7, 11) is 0. The molecule has 0 spiro atoms. The Morgan fingerprint density at radius 2 is 1.87 bits per heavy atom. The highest BCUT2D eigenvalue weighted by Gasteiger charge is 2.25. The van der Waals surface area contributed by atoms with Crippen molar-refractivity contribution in [2.24, 2.45) is 0 Å². The molecule has 0 atom stereocenters. The van der Waals surface area contributed by atoms with E-state index in [0.717, 1.165) is 24.6 Å². The summed E-state index contributed by atoms with van der Waals surface area (Å²) in [6.45, 7) is 7.97. The van der Waals surface area contributed by atoms with Crippen LogP contribution >= 0.6 is 11.6 Å². The predicted molar refractivity (Wildman–Crippen MR) is 90.8 cm³/mol. The highest BCUT2D eigenvalue weighted by molar-refractivity contribution is 6.29. The van der Waals surface area contributed by atoms with E-state index in [1.807, 2.05) is 26.8 Å². The third-order valence-electron chi connectivity index (χ3n) is 4.05. The third-order valence-corrected chi connectivity index (χ3v) is 4.25. The second-order valence-electron chi connectivity index (χ2n) is 7.14. The summed E-state index contributed by atoms with van der Waals surface area (Å²) in [6, 6.07) is 1.92. The molecule has 128 valence electrons. The van der Waals surface area contributed by atoms with Gasteiger partial charge in [-0.3, -0.25) is 4.79 Å².